The number of fused-ring (bicyclic) bond motifs is 12. The third kappa shape index (κ3) is 5.91. The van der Waals surface area contributed by atoms with Crippen LogP contribution in [0.2, 0.25) is 0 Å². The van der Waals surface area contributed by atoms with Gasteiger partial charge in [0.05, 0.1) is 11.0 Å². The van der Waals surface area contributed by atoms with Crippen LogP contribution in [0.25, 0.3) is 116 Å². The Balaban J connectivity index is 1.00. The van der Waals surface area contributed by atoms with E-state index in [1.165, 1.54) is 122 Å². The van der Waals surface area contributed by atoms with Gasteiger partial charge in [0, 0.05) is 27.5 Å². The van der Waals surface area contributed by atoms with Gasteiger partial charge in [-0.1, -0.05) is 205 Å². The SMILES string of the molecule is CC1(C)c2ccccc2-c2ccc(-c3c4ccc(-c5ccc(-c6nc7ccccc7n6-c6ccccc6)cc5)cc4c(-c4ccc5c(c4)C(C)(C)c4ccccc4-5)c4cc5c(cc34)-c3ccccc3C5(C)C)cc21. The molecule has 0 unspecified atom stereocenters. The summed E-state index contributed by atoms with van der Waals surface area (Å²) in [5.41, 5.74) is 27.5. The zero-order valence-corrected chi connectivity index (χ0v) is 42.7. The molecular weight excluding hydrogens is 893 g/mol. The number of nitrogens with zero attached hydrogens (tertiary/aromatic N) is 2. The van der Waals surface area contributed by atoms with E-state index in [2.05, 4.69) is 264 Å². The molecule has 1 aromatic heterocycles. The maximum absolute atomic E-state index is 5.22. The number of hydrogen-bond acceptors (Lipinski definition) is 1. The lowest BCUT2D eigenvalue weighted by Crippen LogP contribution is -2.15. The number of rotatable bonds is 5. The highest BCUT2D eigenvalue weighted by atomic mass is 15.1. The zero-order valence-electron chi connectivity index (χ0n) is 42.7. The molecule has 0 aliphatic heterocycles. The van der Waals surface area contributed by atoms with E-state index >= 15 is 0 Å². The lowest BCUT2D eigenvalue weighted by atomic mass is 9.77. The first kappa shape index (κ1) is 43.0. The van der Waals surface area contributed by atoms with Gasteiger partial charge in [0.15, 0.2) is 0 Å². The van der Waals surface area contributed by atoms with E-state index in [-0.39, 0.29) is 16.2 Å². The Morgan fingerprint density at radius 2 is 0.730 bits per heavy atom. The second-order valence-corrected chi connectivity index (χ2v) is 22.7. The normalized spacial score (nSPS) is 14.9. The summed E-state index contributed by atoms with van der Waals surface area (Å²) >= 11 is 0. The van der Waals surface area contributed by atoms with Gasteiger partial charge in [-0.25, -0.2) is 4.98 Å². The van der Waals surface area contributed by atoms with Crippen molar-refractivity contribution in [3.05, 3.63) is 252 Å². The fourth-order valence-corrected chi connectivity index (χ4v) is 13.8. The molecule has 3 aliphatic rings. The summed E-state index contributed by atoms with van der Waals surface area (Å²) in [7, 11) is 0. The summed E-state index contributed by atoms with van der Waals surface area (Å²) in [6.45, 7) is 14.4. The molecule has 0 bridgehead atoms. The second-order valence-electron chi connectivity index (χ2n) is 22.7. The summed E-state index contributed by atoms with van der Waals surface area (Å²) in [4.78, 5) is 5.22. The molecule has 12 aromatic rings. The Labute approximate surface area is 433 Å². The quantitative estimate of drug-likeness (QED) is 0.157. The Hall–Kier alpha value is -8.59. The molecule has 15 rings (SSSR count). The Kier molecular flexibility index (Phi) is 8.86. The fraction of sp³-hybridized carbons (Fsp3) is 0.125. The van der Waals surface area contributed by atoms with Crippen molar-refractivity contribution in [2.75, 3.05) is 0 Å². The van der Waals surface area contributed by atoms with Crippen LogP contribution in [-0.4, -0.2) is 9.55 Å². The predicted molar refractivity (Wildman–Crippen MR) is 311 cm³/mol. The molecule has 352 valence electrons. The third-order valence-electron chi connectivity index (χ3n) is 17.6. The van der Waals surface area contributed by atoms with Crippen LogP contribution in [0.3, 0.4) is 0 Å². The molecule has 74 heavy (non-hydrogen) atoms. The summed E-state index contributed by atoms with van der Waals surface area (Å²) in [6.07, 6.45) is 0. The first-order valence-corrected chi connectivity index (χ1v) is 26.3. The number of benzene rings is 11. The first-order chi connectivity index (χ1) is 36.0. The van der Waals surface area contributed by atoms with Crippen LogP contribution in [-0.2, 0) is 16.2 Å². The van der Waals surface area contributed by atoms with E-state index in [0.29, 0.717) is 0 Å². The van der Waals surface area contributed by atoms with Gasteiger partial charge < -0.3 is 0 Å². The average molecular weight is 947 g/mol. The number of para-hydroxylation sites is 3. The molecule has 0 saturated carbocycles. The first-order valence-electron chi connectivity index (χ1n) is 26.3. The van der Waals surface area contributed by atoms with Gasteiger partial charge in [-0.2, -0.15) is 0 Å². The third-order valence-corrected chi connectivity index (χ3v) is 17.6. The average Bonchev–Trinajstić information content (AvgIpc) is 4.12. The van der Waals surface area contributed by atoms with Gasteiger partial charge in [-0.05, 0) is 176 Å². The largest absolute Gasteiger partial charge is 0.292 e. The van der Waals surface area contributed by atoms with Gasteiger partial charge in [0.2, 0.25) is 0 Å². The predicted octanol–water partition coefficient (Wildman–Crippen LogP) is 18.9. The number of imidazole rings is 1. The zero-order chi connectivity index (χ0) is 49.8. The van der Waals surface area contributed by atoms with E-state index in [0.717, 1.165) is 28.1 Å². The van der Waals surface area contributed by atoms with Crippen molar-refractivity contribution < 1.29 is 0 Å². The summed E-state index contributed by atoms with van der Waals surface area (Å²) in [5, 5.41) is 5.08. The molecule has 0 N–H and O–H groups in total. The molecule has 0 spiro atoms. The highest BCUT2D eigenvalue weighted by Crippen LogP contribution is 2.57. The molecular formula is C72H54N2. The maximum atomic E-state index is 5.22. The van der Waals surface area contributed by atoms with E-state index in [4.69, 9.17) is 4.98 Å². The van der Waals surface area contributed by atoms with Gasteiger partial charge in [-0.15, -0.1) is 0 Å². The highest BCUT2D eigenvalue weighted by Gasteiger charge is 2.39. The smallest absolute Gasteiger partial charge is 0.145 e. The fourth-order valence-electron chi connectivity index (χ4n) is 13.8. The molecule has 2 nitrogen and oxygen atoms in total. The van der Waals surface area contributed by atoms with Crippen molar-refractivity contribution in [3.8, 4) is 83.8 Å². The van der Waals surface area contributed by atoms with Crippen molar-refractivity contribution >= 4 is 32.6 Å². The molecule has 0 radical (unpaired) electrons. The minimum Gasteiger partial charge on any atom is -0.292 e. The van der Waals surface area contributed by atoms with E-state index in [1.807, 2.05) is 0 Å². The molecule has 0 saturated heterocycles. The van der Waals surface area contributed by atoms with Crippen LogP contribution in [0.15, 0.2) is 218 Å². The Morgan fingerprint density at radius 1 is 0.297 bits per heavy atom. The second kappa shape index (κ2) is 15.2. The standard InChI is InChI=1S/C72H54N2/c1-70(2)59-23-13-10-20-49(59)52-35-33-46(39-62(52)70)67-54-37-32-45(43-28-30-44(31-29-43)69-73-65-26-16-17-27-66(65)74(69)48-18-8-7-9-19-48)38-56(54)68(47-34-36-53-50-21-11-14-24-60(50)71(3,4)63(53)40-47)58-42-64-55(41-57(58)67)51-22-12-15-25-61(51)72(64,5)6/h7-42H,1-6H3. The number of hydrogen-bond donors (Lipinski definition) is 0. The molecule has 0 atom stereocenters. The Bertz CT molecular complexity index is 4370. The maximum Gasteiger partial charge on any atom is 0.145 e. The van der Waals surface area contributed by atoms with E-state index in [1.54, 1.807) is 0 Å². The molecule has 1 heterocycles. The van der Waals surface area contributed by atoms with Gasteiger partial charge in [0.1, 0.15) is 5.82 Å². The lowest BCUT2D eigenvalue weighted by molar-refractivity contribution is 0.660. The molecule has 0 fully saturated rings. The summed E-state index contributed by atoms with van der Waals surface area (Å²) in [5.74, 6) is 0.931. The van der Waals surface area contributed by atoms with Crippen LogP contribution in [0, 0.1) is 0 Å². The molecule has 0 amide bonds. The summed E-state index contributed by atoms with van der Waals surface area (Å²) in [6, 6.07) is 82.3. The monoisotopic (exact) mass is 946 g/mol. The lowest BCUT2D eigenvalue weighted by Gasteiger charge is -2.26. The van der Waals surface area contributed by atoms with Crippen molar-refractivity contribution in [3.63, 3.8) is 0 Å². The molecule has 2 heteroatoms. The van der Waals surface area contributed by atoms with Crippen LogP contribution in [0.1, 0.15) is 74.9 Å². The van der Waals surface area contributed by atoms with Crippen LogP contribution < -0.4 is 0 Å². The molecule has 11 aromatic carbocycles. The van der Waals surface area contributed by atoms with Gasteiger partial charge in [-0.3, -0.25) is 4.57 Å². The van der Waals surface area contributed by atoms with Crippen molar-refractivity contribution in [1.82, 2.24) is 9.55 Å². The molecule has 3 aliphatic carbocycles. The van der Waals surface area contributed by atoms with Crippen molar-refractivity contribution in [2.45, 2.75) is 57.8 Å². The highest BCUT2D eigenvalue weighted by molar-refractivity contribution is 6.23. The minimum absolute atomic E-state index is 0.142. The van der Waals surface area contributed by atoms with Crippen molar-refractivity contribution in [1.29, 1.82) is 0 Å². The van der Waals surface area contributed by atoms with Crippen LogP contribution in [0.5, 0.6) is 0 Å². The van der Waals surface area contributed by atoms with Gasteiger partial charge >= 0.3 is 0 Å². The topological polar surface area (TPSA) is 17.8 Å². The van der Waals surface area contributed by atoms with Crippen molar-refractivity contribution in [2.24, 2.45) is 0 Å². The van der Waals surface area contributed by atoms with Crippen LogP contribution >= 0.6 is 0 Å². The minimum atomic E-state index is -0.178. The summed E-state index contributed by atoms with van der Waals surface area (Å²) < 4.78 is 2.28. The Morgan fingerprint density at radius 3 is 1.34 bits per heavy atom. The van der Waals surface area contributed by atoms with E-state index < -0.39 is 0 Å². The van der Waals surface area contributed by atoms with Crippen LogP contribution in [0.4, 0.5) is 0 Å². The van der Waals surface area contributed by atoms with Gasteiger partial charge in [0.25, 0.3) is 0 Å². The number of aromatic nitrogens is 2. The van der Waals surface area contributed by atoms with E-state index in [9.17, 15) is 0 Å².